The number of H-pyrrole nitrogens is 1. The molecule has 2 aromatic carbocycles. The molecule has 0 unspecified atom stereocenters. The van der Waals surface area contributed by atoms with Crippen molar-refractivity contribution in [2.24, 2.45) is 0 Å². The van der Waals surface area contributed by atoms with Crippen LogP contribution in [-0.4, -0.2) is 27.2 Å². The molecule has 0 saturated carbocycles. The van der Waals surface area contributed by atoms with Crippen LogP contribution in [0.2, 0.25) is 0 Å². The fraction of sp³-hybridized carbons (Fsp3) is 0.176. The highest BCUT2D eigenvalue weighted by atomic mass is 32.1. The van der Waals surface area contributed by atoms with Crippen LogP contribution in [0.4, 0.5) is 0 Å². The van der Waals surface area contributed by atoms with Gasteiger partial charge in [-0.1, -0.05) is 13.0 Å². The molecule has 6 nitrogen and oxygen atoms in total. The highest BCUT2D eigenvalue weighted by molar-refractivity contribution is 7.24. The Morgan fingerprint density at radius 1 is 1.12 bits per heavy atom. The molecule has 1 N–H and O–H groups in total. The van der Waals surface area contributed by atoms with E-state index in [-0.39, 0.29) is 5.43 Å². The highest BCUT2D eigenvalue weighted by Crippen LogP contribution is 2.29. The smallest absolute Gasteiger partial charge is 0.204 e. The molecule has 0 spiro atoms. The summed E-state index contributed by atoms with van der Waals surface area (Å²) in [4.78, 5) is 12.8. The zero-order valence-electron chi connectivity index (χ0n) is 12.9. The SMILES string of the molecule is CCCOc1ccc2sc3cc(-c4nn[nH]n4)ccc3c(=O)c2c1. The maximum atomic E-state index is 12.8. The third-order valence-electron chi connectivity index (χ3n) is 3.72. The third kappa shape index (κ3) is 2.52. The van der Waals surface area contributed by atoms with Gasteiger partial charge in [-0.2, -0.15) is 5.21 Å². The van der Waals surface area contributed by atoms with Gasteiger partial charge in [0.15, 0.2) is 5.43 Å². The van der Waals surface area contributed by atoms with E-state index in [4.69, 9.17) is 4.74 Å². The summed E-state index contributed by atoms with van der Waals surface area (Å²) in [6, 6.07) is 11.3. The Kier molecular flexibility index (Phi) is 3.70. The molecule has 0 aliphatic rings. The molecular weight excluding hydrogens is 324 g/mol. The largest absolute Gasteiger partial charge is 0.494 e. The molecule has 120 valence electrons. The fourth-order valence-corrected chi connectivity index (χ4v) is 3.66. The number of ether oxygens (including phenoxy) is 1. The van der Waals surface area contributed by atoms with Crippen molar-refractivity contribution in [2.75, 3.05) is 6.61 Å². The summed E-state index contributed by atoms with van der Waals surface area (Å²) in [6.45, 7) is 2.70. The van der Waals surface area contributed by atoms with Gasteiger partial charge in [-0.15, -0.1) is 21.5 Å². The summed E-state index contributed by atoms with van der Waals surface area (Å²) in [7, 11) is 0. The Labute approximate surface area is 141 Å². The molecular formula is C17H14N4O2S. The molecule has 0 fully saturated rings. The topological polar surface area (TPSA) is 80.8 Å². The number of hydrogen-bond donors (Lipinski definition) is 1. The summed E-state index contributed by atoms with van der Waals surface area (Å²) >= 11 is 1.57. The van der Waals surface area contributed by atoms with Gasteiger partial charge in [0.05, 0.1) is 6.61 Å². The molecule has 0 amide bonds. The first-order valence-electron chi connectivity index (χ1n) is 7.63. The van der Waals surface area contributed by atoms with E-state index >= 15 is 0 Å². The van der Waals surface area contributed by atoms with Crippen molar-refractivity contribution in [1.82, 2.24) is 20.6 Å². The second kappa shape index (κ2) is 6.01. The van der Waals surface area contributed by atoms with Crippen LogP contribution >= 0.6 is 11.3 Å². The molecule has 0 aliphatic heterocycles. The molecule has 7 heteroatoms. The van der Waals surface area contributed by atoms with Crippen LogP contribution < -0.4 is 10.2 Å². The predicted molar refractivity (Wildman–Crippen MR) is 94.6 cm³/mol. The van der Waals surface area contributed by atoms with Crippen LogP contribution in [0, 0.1) is 0 Å². The monoisotopic (exact) mass is 338 g/mol. The van der Waals surface area contributed by atoms with Crippen molar-refractivity contribution in [3.05, 3.63) is 46.6 Å². The number of tetrazole rings is 1. The van der Waals surface area contributed by atoms with E-state index in [1.165, 1.54) is 0 Å². The normalized spacial score (nSPS) is 11.2. The first kappa shape index (κ1) is 14.8. The van der Waals surface area contributed by atoms with Crippen molar-refractivity contribution < 1.29 is 4.74 Å². The lowest BCUT2D eigenvalue weighted by atomic mass is 10.1. The predicted octanol–water partition coefficient (Wildman–Crippen LogP) is 3.38. The zero-order valence-corrected chi connectivity index (χ0v) is 13.8. The highest BCUT2D eigenvalue weighted by Gasteiger charge is 2.10. The van der Waals surface area contributed by atoms with E-state index in [1.54, 1.807) is 11.3 Å². The number of aromatic amines is 1. The van der Waals surface area contributed by atoms with Crippen LogP contribution in [0.25, 0.3) is 31.6 Å². The van der Waals surface area contributed by atoms with Gasteiger partial charge in [-0.3, -0.25) is 4.79 Å². The van der Waals surface area contributed by atoms with Crippen LogP contribution in [-0.2, 0) is 0 Å². The standard InChI is InChI=1S/C17H14N4O2S/c1-2-7-23-11-4-6-14-13(9-11)16(22)12-5-3-10(8-15(12)24-14)17-18-20-21-19-17/h3-6,8-9H,2,7H2,1H3,(H,18,19,20,21). The summed E-state index contributed by atoms with van der Waals surface area (Å²) in [6.07, 6.45) is 0.932. The lowest BCUT2D eigenvalue weighted by molar-refractivity contribution is 0.318. The van der Waals surface area contributed by atoms with Crippen LogP contribution in [0.1, 0.15) is 13.3 Å². The average Bonchev–Trinajstić information content (AvgIpc) is 3.14. The molecule has 24 heavy (non-hydrogen) atoms. The maximum absolute atomic E-state index is 12.8. The maximum Gasteiger partial charge on any atom is 0.204 e. The van der Waals surface area contributed by atoms with Gasteiger partial charge >= 0.3 is 0 Å². The first-order valence-corrected chi connectivity index (χ1v) is 8.45. The van der Waals surface area contributed by atoms with Gasteiger partial charge < -0.3 is 4.74 Å². The first-order chi connectivity index (χ1) is 11.8. The minimum absolute atomic E-state index is 0.0142. The second-order valence-electron chi connectivity index (χ2n) is 5.38. The number of aromatic nitrogens is 4. The average molecular weight is 338 g/mol. The number of hydrogen-bond acceptors (Lipinski definition) is 6. The fourth-order valence-electron chi connectivity index (χ4n) is 2.57. The quantitative estimate of drug-likeness (QED) is 0.577. The molecule has 0 aliphatic carbocycles. The van der Waals surface area contributed by atoms with E-state index in [2.05, 4.69) is 27.5 Å². The van der Waals surface area contributed by atoms with Crippen molar-refractivity contribution in [2.45, 2.75) is 13.3 Å². The Morgan fingerprint density at radius 3 is 2.83 bits per heavy atom. The molecule has 2 heterocycles. The van der Waals surface area contributed by atoms with Gasteiger partial charge in [-0.25, -0.2) is 0 Å². The number of benzene rings is 2. The molecule has 4 rings (SSSR count). The molecule has 2 aromatic heterocycles. The second-order valence-corrected chi connectivity index (χ2v) is 6.47. The third-order valence-corrected chi connectivity index (χ3v) is 4.85. The van der Waals surface area contributed by atoms with Gasteiger partial charge in [0.25, 0.3) is 0 Å². The van der Waals surface area contributed by atoms with Crippen molar-refractivity contribution in [1.29, 1.82) is 0 Å². The van der Waals surface area contributed by atoms with E-state index < -0.39 is 0 Å². The lowest BCUT2D eigenvalue weighted by Gasteiger charge is -2.06. The number of rotatable bonds is 4. The van der Waals surface area contributed by atoms with Gasteiger partial charge in [-0.05, 0) is 42.0 Å². The van der Waals surface area contributed by atoms with E-state index in [1.807, 2.05) is 36.4 Å². The minimum atomic E-state index is 0.0142. The number of nitrogens with one attached hydrogen (secondary N) is 1. The van der Waals surface area contributed by atoms with Crippen LogP contribution in [0.5, 0.6) is 5.75 Å². The molecule has 0 atom stereocenters. The zero-order chi connectivity index (χ0) is 16.5. The number of nitrogens with zero attached hydrogens (tertiary/aromatic N) is 3. The van der Waals surface area contributed by atoms with Gasteiger partial charge in [0.2, 0.25) is 5.82 Å². The van der Waals surface area contributed by atoms with E-state index in [0.29, 0.717) is 23.2 Å². The molecule has 0 radical (unpaired) electrons. The van der Waals surface area contributed by atoms with Crippen molar-refractivity contribution >= 4 is 31.5 Å². The molecule has 0 bridgehead atoms. The van der Waals surface area contributed by atoms with E-state index in [9.17, 15) is 4.79 Å². The summed E-state index contributed by atoms with van der Waals surface area (Å²) in [5.74, 6) is 1.25. The molecule has 4 aromatic rings. The van der Waals surface area contributed by atoms with Gasteiger partial charge in [0.1, 0.15) is 5.75 Å². The summed E-state index contributed by atoms with van der Waals surface area (Å²) < 4.78 is 7.47. The Hall–Kier alpha value is -2.80. The van der Waals surface area contributed by atoms with Crippen LogP contribution in [0.3, 0.4) is 0 Å². The minimum Gasteiger partial charge on any atom is -0.494 e. The Bertz CT molecular complexity index is 1070. The summed E-state index contributed by atoms with van der Waals surface area (Å²) in [5.41, 5.74) is 0.842. The van der Waals surface area contributed by atoms with E-state index in [0.717, 1.165) is 27.1 Å². The summed E-state index contributed by atoms with van der Waals surface area (Å²) in [5, 5.41) is 15.3. The van der Waals surface area contributed by atoms with Crippen LogP contribution in [0.15, 0.2) is 41.2 Å². The lowest BCUT2D eigenvalue weighted by Crippen LogP contribution is -2.02. The Balaban J connectivity index is 1.89. The molecule has 0 saturated heterocycles. The number of fused-ring (bicyclic) bond motifs is 2. The van der Waals surface area contributed by atoms with Crippen molar-refractivity contribution in [3.8, 4) is 17.1 Å². The van der Waals surface area contributed by atoms with Crippen molar-refractivity contribution in [3.63, 3.8) is 0 Å². The van der Waals surface area contributed by atoms with Gasteiger partial charge in [0, 0.05) is 25.7 Å². The Morgan fingerprint density at radius 2 is 2.04 bits per heavy atom.